The predicted molar refractivity (Wildman–Crippen MR) is 87.4 cm³/mol. The van der Waals surface area contributed by atoms with Crippen LogP contribution in [0.25, 0.3) is 0 Å². The summed E-state index contributed by atoms with van der Waals surface area (Å²) >= 11 is 1.89. The van der Waals surface area contributed by atoms with Crippen LogP contribution in [0, 0.1) is 0 Å². The number of nitrogens with zero attached hydrogens (tertiary/aromatic N) is 1. The molecule has 1 aliphatic rings. The van der Waals surface area contributed by atoms with E-state index >= 15 is 0 Å². The lowest BCUT2D eigenvalue weighted by Gasteiger charge is -2.35. The number of rotatable bonds is 3. The number of benzene rings is 1. The molecule has 2 N–H and O–H groups in total. The topological polar surface area (TPSA) is 29.3 Å². The van der Waals surface area contributed by atoms with Crippen molar-refractivity contribution in [2.75, 3.05) is 11.4 Å². The first-order valence-electron chi connectivity index (χ1n) is 7.39. The Bertz CT molecular complexity index is 573. The van der Waals surface area contributed by atoms with Gasteiger partial charge in [0.15, 0.2) is 0 Å². The zero-order valence-corrected chi connectivity index (χ0v) is 13.0. The molecule has 0 bridgehead atoms. The van der Waals surface area contributed by atoms with Crippen molar-refractivity contribution in [2.24, 2.45) is 5.73 Å². The second-order valence-corrected chi connectivity index (χ2v) is 6.53. The van der Waals surface area contributed by atoms with Gasteiger partial charge in [0.2, 0.25) is 0 Å². The van der Waals surface area contributed by atoms with E-state index in [4.69, 9.17) is 5.73 Å². The summed E-state index contributed by atoms with van der Waals surface area (Å²) in [7, 11) is 0. The van der Waals surface area contributed by atoms with E-state index in [9.17, 15) is 0 Å². The molecule has 1 aromatic heterocycles. The van der Waals surface area contributed by atoms with Crippen LogP contribution < -0.4 is 10.6 Å². The highest BCUT2D eigenvalue weighted by molar-refractivity contribution is 7.10. The minimum atomic E-state index is 0.159. The molecular formula is C17H22N2S. The van der Waals surface area contributed by atoms with E-state index < -0.39 is 0 Å². The zero-order chi connectivity index (χ0) is 14.1. The number of nitrogens with two attached hydrogens (primary N) is 1. The Labute approximate surface area is 125 Å². The molecule has 0 spiro atoms. The zero-order valence-electron chi connectivity index (χ0n) is 12.2. The molecule has 1 aliphatic heterocycles. The molecule has 2 heterocycles. The van der Waals surface area contributed by atoms with Gasteiger partial charge in [-0.3, -0.25) is 0 Å². The molecule has 1 aromatic carbocycles. The Kier molecular flexibility index (Phi) is 3.81. The maximum Gasteiger partial charge on any atom is 0.0525 e. The highest BCUT2D eigenvalue weighted by Crippen LogP contribution is 2.36. The SMILES string of the molecule is CC[C@@H](N)c1ccc(N2CCc3sccc3C2C)cc1. The molecule has 2 nitrogen and oxygen atoms in total. The number of anilines is 1. The quantitative estimate of drug-likeness (QED) is 0.912. The van der Waals surface area contributed by atoms with Crippen LogP contribution in [0.1, 0.15) is 48.4 Å². The Balaban J connectivity index is 1.83. The first-order chi connectivity index (χ1) is 9.70. The molecule has 2 atom stereocenters. The van der Waals surface area contributed by atoms with E-state index in [1.54, 1.807) is 4.88 Å². The van der Waals surface area contributed by atoms with Gasteiger partial charge in [0.05, 0.1) is 6.04 Å². The van der Waals surface area contributed by atoms with Crippen molar-refractivity contribution in [2.45, 2.75) is 38.8 Å². The first kappa shape index (κ1) is 13.7. The summed E-state index contributed by atoms with van der Waals surface area (Å²) in [5.74, 6) is 0. The number of hydrogen-bond donors (Lipinski definition) is 1. The third kappa shape index (κ3) is 2.36. The lowest BCUT2D eigenvalue weighted by molar-refractivity contribution is 0.632. The van der Waals surface area contributed by atoms with E-state index in [1.165, 1.54) is 16.8 Å². The lowest BCUT2D eigenvalue weighted by Crippen LogP contribution is -2.33. The van der Waals surface area contributed by atoms with Crippen LogP contribution in [0.4, 0.5) is 5.69 Å². The summed E-state index contributed by atoms with van der Waals surface area (Å²) in [4.78, 5) is 4.05. The number of thiophene rings is 1. The van der Waals surface area contributed by atoms with Crippen LogP contribution in [0.5, 0.6) is 0 Å². The highest BCUT2D eigenvalue weighted by atomic mass is 32.1. The molecule has 3 rings (SSSR count). The van der Waals surface area contributed by atoms with E-state index in [2.05, 4.69) is 54.5 Å². The molecule has 2 aromatic rings. The minimum absolute atomic E-state index is 0.159. The molecule has 0 saturated carbocycles. The summed E-state index contributed by atoms with van der Waals surface area (Å²) < 4.78 is 0. The van der Waals surface area contributed by atoms with Crippen LogP contribution in [-0.2, 0) is 6.42 Å². The molecule has 0 saturated heterocycles. The lowest BCUT2D eigenvalue weighted by atomic mass is 9.99. The average Bonchev–Trinajstić information content (AvgIpc) is 2.96. The monoisotopic (exact) mass is 286 g/mol. The molecular weight excluding hydrogens is 264 g/mol. The van der Waals surface area contributed by atoms with Crippen molar-refractivity contribution >= 4 is 17.0 Å². The molecule has 3 heteroatoms. The van der Waals surface area contributed by atoms with Gasteiger partial charge in [-0.05, 0) is 54.5 Å². The van der Waals surface area contributed by atoms with E-state index in [-0.39, 0.29) is 6.04 Å². The van der Waals surface area contributed by atoms with Crippen molar-refractivity contribution in [3.63, 3.8) is 0 Å². The van der Waals surface area contributed by atoms with Gasteiger partial charge in [0.1, 0.15) is 0 Å². The van der Waals surface area contributed by atoms with Gasteiger partial charge in [0, 0.05) is 23.2 Å². The van der Waals surface area contributed by atoms with Gasteiger partial charge < -0.3 is 10.6 Å². The van der Waals surface area contributed by atoms with Gasteiger partial charge >= 0.3 is 0 Å². The van der Waals surface area contributed by atoms with Crippen molar-refractivity contribution < 1.29 is 0 Å². The summed E-state index contributed by atoms with van der Waals surface area (Å²) in [6.45, 7) is 5.54. The Morgan fingerprint density at radius 1 is 1.30 bits per heavy atom. The Morgan fingerprint density at radius 2 is 2.05 bits per heavy atom. The van der Waals surface area contributed by atoms with Gasteiger partial charge in [-0.2, -0.15) is 0 Å². The third-order valence-electron chi connectivity index (χ3n) is 4.37. The largest absolute Gasteiger partial charge is 0.364 e. The number of fused-ring (bicyclic) bond motifs is 1. The molecule has 0 amide bonds. The van der Waals surface area contributed by atoms with E-state index in [1.807, 2.05) is 11.3 Å². The van der Waals surface area contributed by atoms with Gasteiger partial charge in [0.25, 0.3) is 0 Å². The third-order valence-corrected chi connectivity index (χ3v) is 5.37. The van der Waals surface area contributed by atoms with Gasteiger partial charge in [-0.1, -0.05) is 19.1 Å². The fourth-order valence-corrected chi connectivity index (χ4v) is 3.97. The Morgan fingerprint density at radius 3 is 2.75 bits per heavy atom. The van der Waals surface area contributed by atoms with Gasteiger partial charge in [-0.15, -0.1) is 11.3 Å². The van der Waals surface area contributed by atoms with Crippen molar-refractivity contribution in [3.8, 4) is 0 Å². The molecule has 106 valence electrons. The summed E-state index contributed by atoms with van der Waals surface area (Å²) in [6.07, 6.45) is 2.14. The first-order valence-corrected chi connectivity index (χ1v) is 8.27. The summed E-state index contributed by atoms with van der Waals surface area (Å²) in [6, 6.07) is 11.7. The normalized spacial score (nSPS) is 19.8. The highest BCUT2D eigenvalue weighted by Gasteiger charge is 2.24. The van der Waals surface area contributed by atoms with Crippen LogP contribution in [0.3, 0.4) is 0 Å². The summed E-state index contributed by atoms with van der Waals surface area (Å²) in [5, 5.41) is 2.22. The average molecular weight is 286 g/mol. The van der Waals surface area contributed by atoms with Crippen LogP contribution in [0.15, 0.2) is 35.7 Å². The second-order valence-electron chi connectivity index (χ2n) is 5.52. The molecule has 0 aliphatic carbocycles. The fraction of sp³-hybridized carbons (Fsp3) is 0.412. The Hall–Kier alpha value is -1.32. The standard InChI is InChI=1S/C17H22N2S/c1-3-16(18)13-4-6-14(7-5-13)19-10-8-17-15(12(19)2)9-11-20-17/h4-7,9,11-12,16H,3,8,10,18H2,1-2H3/t12?,16-/m1/s1. The van der Waals surface area contributed by atoms with Crippen molar-refractivity contribution in [1.29, 1.82) is 0 Å². The smallest absolute Gasteiger partial charge is 0.0525 e. The fourth-order valence-electron chi connectivity index (χ4n) is 3.01. The maximum atomic E-state index is 6.09. The van der Waals surface area contributed by atoms with Crippen molar-refractivity contribution in [1.82, 2.24) is 0 Å². The van der Waals surface area contributed by atoms with E-state index in [0.717, 1.165) is 19.4 Å². The van der Waals surface area contributed by atoms with Crippen LogP contribution in [-0.4, -0.2) is 6.54 Å². The molecule has 1 unspecified atom stereocenters. The number of hydrogen-bond acceptors (Lipinski definition) is 3. The molecule has 0 fully saturated rings. The minimum Gasteiger partial charge on any atom is -0.364 e. The van der Waals surface area contributed by atoms with Crippen LogP contribution in [0.2, 0.25) is 0 Å². The van der Waals surface area contributed by atoms with Crippen molar-refractivity contribution in [3.05, 3.63) is 51.7 Å². The maximum absolute atomic E-state index is 6.09. The molecule has 20 heavy (non-hydrogen) atoms. The predicted octanol–water partition coefficient (Wildman–Crippen LogP) is 4.28. The second kappa shape index (κ2) is 5.58. The molecule has 0 radical (unpaired) electrons. The summed E-state index contributed by atoms with van der Waals surface area (Å²) in [5.41, 5.74) is 10.1. The van der Waals surface area contributed by atoms with E-state index in [0.29, 0.717) is 6.04 Å². The van der Waals surface area contributed by atoms with Gasteiger partial charge in [-0.25, -0.2) is 0 Å². The van der Waals surface area contributed by atoms with Crippen LogP contribution >= 0.6 is 11.3 Å².